The van der Waals surface area contributed by atoms with E-state index in [1.165, 1.54) is 5.56 Å². The van der Waals surface area contributed by atoms with E-state index < -0.39 is 0 Å². The predicted octanol–water partition coefficient (Wildman–Crippen LogP) is 5.08. The summed E-state index contributed by atoms with van der Waals surface area (Å²) in [5.74, 6) is 0.665. The van der Waals surface area contributed by atoms with Crippen molar-refractivity contribution in [3.8, 4) is 0 Å². The molecule has 25 heavy (non-hydrogen) atoms. The quantitative estimate of drug-likeness (QED) is 0.633. The Hall–Kier alpha value is -2.66. The highest BCUT2D eigenvalue weighted by Crippen LogP contribution is 2.17. The van der Waals surface area contributed by atoms with Crippen molar-refractivity contribution >= 4 is 39.0 Å². The number of benzene rings is 2. The number of aromatic nitrogens is 1. The molecule has 3 aromatic rings. The van der Waals surface area contributed by atoms with Crippen molar-refractivity contribution in [3.63, 3.8) is 0 Å². The zero-order valence-electron chi connectivity index (χ0n) is 13.8. The molecule has 0 saturated carbocycles. The zero-order valence-corrected chi connectivity index (χ0v) is 15.4. The van der Waals surface area contributed by atoms with E-state index in [1.807, 2.05) is 67.6 Å². The average molecular weight is 396 g/mol. The number of carbonyl (C=O) groups excluding carboxylic acids is 1. The van der Waals surface area contributed by atoms with Gasteiger partial charge in [0.15, 0.2) is 0 Å². The Labute approximate surface area is 155 Å². The SMILES string of the molecule is Cc1ccc(Nc2ccc(NC(=O)Cc3ccc(Br)cc3)cn2)cc1. The lowest BCUT2D eigenvalue weighted by atomic mass is 10.1. The van der Waals surface area contributed by atoms with E-state index in [0.29, 0.717) is 12.1 Å². The fourth-order valence-electron chi connectivity index (χ4n) is 2.32. The van der Waals surface area contributed by atoms with Crippen molar-refractivity contribution in [3.05, 3.63) is 82.5 Å². The highest BCUT2D eigenvalue weighted by atomic mass is 79.9. The second-order valence-electron chi connectivity index (χ2n) is 5.77. The summed E-state index contributed by atoms with van der Waals surface area (Å²) < 4.78 is 0.998. The van der Waals surface area contributed by atoms with Gasteiger partial charge in [0.2, 0.25) is 5.91 Å². The number of pyridine rings is 1. The predicted molar refractivity (Wildman–Crippen MR) is 105 cm³/mol. The van der Waals surface area contributed by atoms with Crippen LogP contribution in [0.2, 0.25) is 0 Å². The fourth-order valence-corrected chi connectivity index (χ4v) is 2.58. The molecule has 126 valence electrons. The summed E-state index contributed by atoms with van der Waals surface area (Å²) in [6.45, 7) is 2.05. The number of anilines is 3. The smallest absolute Gasteiger partial charge is 0.228 e. The van der Waals surface area contributed by atoms with Crippen molar-refractivity contribution in [2.24, 2.45) is 0 Å². The van der Waals surface area contributed by atoms with E-state index in [2.05, 4.69) is 31.5 Å². The Morgan fingerprint density at radius 2 is 1.64 bits per heavy atom. The first-order valence-corrected chi connectivity index (χ1v) is 8.72. The van der Waals surface area contributed by atoms with E-state index in [4.69, 9.17) is 0 Å². The Bertz CT molecular complexity index is 844. The zero-order chi connectivity index (χ0) is 17.6. The third kappa shape index (κ3) is 5.16. The summed E-state index contributed by atoms with van der Waals surface area (Å²) in [5.41, 5.74) is 3.83. The summed E-state index contributed by atoms with van der Waals surface area (Å²) in [6.07, 6.45) is 1.98. The van der Waals surface area contributed by atoms with E-state index in [9.17, 15) is 4.79 Å². The van der Waals surface area contributed by atoms with Gasteiger partial charge in [0.25, 0.3) is 0 Å². The molecule has 0 fully saturated rings. The van der Waals surface area contributed by atoms with Gasteiger partial charge in [-0.3, -0.25) is 4.79 Å². The molecule has 2 N–H and O–H groups in total. The van der Waals surface area contributed by atoms with Crippen LogP contribution in [0.5, 0.6) is 0 Å². The molecule has 1 heterocycles. The minimum Gasteiger partial charge on any atom is -0.340 e. The van der Waals surface area contributed by atoms with Crippen LogP contribution in [0.3, 0.4) is 0 Å². The van der Waals surface area contributed by atoms with Crippen LogP contribution in [-0.4, -0.2) is 10.9 Å². The van der Waals surface area contributed by atoms with E-state index in [0.717, 1.165) is 21.5 Å². The highest BCUT2D eigenvalue weighted by Gasteiger charge is 2.05. The van der Waals surface area contributed by atoms with E-state index in [-0.39, 0.29) is 5.91 Å². The molecule has 0 spiro atoms. The van der Waals surface area contributed by atoms with Gasteiger partial charge < -0.3 is 10.6 Å². The molecule has 0 unspecified atom stereocenters. The molecule has 1 aromatic heterocycles. The van der Waals surface area contributed by atoms with Crippen molar-refractivity contribution < 1.29 is 4.79 Å². The lowest BCUT2D eigenvalue weighted by molar-refractivity contribution is -0.115. The van der Waals surface area contributed by atoms with Gasteiger partial charge in [-0.05, 0) is 48.9 Å². The number of rotatable bonds is 5. The van der Waals surface area contributed by atoms with Crippen molar-refractivity contribution in [2.45, 2.75) is 13.3 Å². The second kappa shape index (κ2) is 7.94. The normalized spacial score (nSPS) is 10.3. The van der Waals surface area contributed by atoms with Gasteiger partial charge in [-0.1, -0.05) is 45.8 Å². The maximum absolute atomic E-state index is 12.1. The third-order valence-corrected chi connectivity index (χ3v) is 4.18. The molecule has 3 rings (SSSR count). The summed E-state index contributed by atoms with van der Waals surface area (Å²) in [4.78, 5) is 16.4. The molecule has 0 saturated heterocycles. The van der Waals surface area contributed by atoms with Gasteiger partial charge in [-0.2, -0.15) is 0 Å². The van der Waals surface area contributed by atoms with E-state index in [1.54, 1.807) is 6.20 Å². The molecule has 4 nitrogen and oxygen atoms in total. The molecule has 0 aliphatic carbocycles. The molecule has 1 amide bonds. The minimum absolute atomic E-state index is 0.0663. The number of nitrogens with one attached hydrogen (secondary N) is 2. The molecule has 0 aliphatic heterocycles. The highest BCUT2D eigenvalue weighted by molar-refractivity contribution is 9.10. The number of halogens is 1. The van der Waals surface area contributed by atoms with Gasteiger partial charge in [0, 0.05) is 10.2 Å². The molecule has 0 radical (unpaired) electrons. The summed E-state index contributed by atoms with van der Waals surface area (Å²) >= 11 is 3.38. The summed E-state index contributed by atoms with van der Waals surface area (Å²) in [5, 5.41) is 6.09. The molecule has 2 aromatic carbocycles. The largest absolute Gasteiger partial charge is 0.340 e. The monoisotopic (exact) mass is 395 g/mol. The number of carbonyl (C=O) groups is 1. The van der Waals surface area contributed by atoms with Gasteiger partial charge >= 0.3 is 0 Å². The standard InChI is InChI=1S/C20H18BrN3O/c1-14-2-8-17(9-3-14)23-19-11-10-18(13-22-19)24-20(25)12-15-4-6-16(21)7-5-15/h2-11,13H,12H2,1H3,(H,22,23)(H,24,25). The molecule has 5 heteroatoms. The number of hydrogen-bond donors (Lipinski definition) is 2. The lowest BCUT2D eigenvalue weighted by Crippen LogP contribution is -2.14. The maximum atomic E-state index is 12.1. The first-order valence-electron chi connectivity index (χ1n) is 7.92. The van der Waals surface area contributed by atoms with Crippen molar-refractivity contribution in [2.75, 3.05) is 10.6 Å². The number of amides is 1. The third-order valence-electron chi connectivity index (χ3n) is 3.65. The lowest BCUT2D eigenvalue weighted by Gasteiger charge is -2.08. The molecular weight excluding hydrogens is 378 g/mol. The number of nitrogens with zero attached hydrogens (tertiary/aromatic N) is 1. The molecule has 0 aliphatic rings. The number of hydrogen-bond acceptors (Lipinski definition) is 3. The Kier molecular flexibility index (Phi) is 5.46. The van der Waals surface area contributed by atoms with Gasteiger partial charge in [-0.25, -0.2) is 4.98 Å². The Morgan fingerprint density at radius 1 is 0.960 bits per heavy atom. The first-order chi connectivity index (χ1) is 12.1. The van der Waals surface area contributed by atoms with Crippen LogP contribution in [0, 0.1) is 6.92 Å². The average Bonchev–Trinajstić information content (AvgIpc) is 2.61. The summed E-state index contributed by atoms with van der Waals surface area (Å²) in [6, 6.07) is 19.5. The fraction of sp³-hybridized carbons (Fsp3) is 0.100. The van der Waals surface area contributed by atoms with E-state index >= 15 is 0 Å². The first kappa shape index (κ1) is 17.2. The number of aryl methyl sites for hydroxylation is 1. The van der Waals surface area contributed by atoms with Crippen LogP contribution in [-0.2, 0) is 11.2 Å². The van der Waals surface area contributed by atoms with Crippen LogP contribution in [0.4, 0.5) is 17.2 Å². The molecule has 0 bridgehead atoms. The van der Waals surface area contributed by atoms with Crippen molar-refractivity contribution in [1.82, 2.24) is 4.98 Å². The van der Waals surface area contributed by atoms with Gasteiger partial charge in [0.05, 0.1) is 18.3 Å². The Morgan fingerprint density at radius 3 is 2.28 bits per heavy atom. The van der Waals surface area contributed by atoms with Crippen LogP contribution < -0.4 is 10.6 Å². The second-order valence-corrected chi connectivity index (χ2v) is 6.69. The summed E-state index contributed by atoms with van der Waals surface area (Å²) in [7, 11) is 0. The van der Waals surface area contributed by atoms with Gasteiger partial charge in [-0.15, -0.1) is 0 Å². The molecular formula is C20H18BrN3O. The maximum Gasteiger partial charge on any atom is 0.228 e. The van der Waals surface area contributed by atoms with Crippen LogP contribution >= 0.6 is 15.9 Å². The van der Waals surface area contributed by atoms with Crippen LogP contribution in [0.15, 0.2) is 71.3 Å². The topological polar surface area (TPSA) is 54.0 Å². The van der Waals surface area contributed by atoms with Crippen molar-refractivity contribution in [1.29, 1.82) is 0 Å². The minimum atomic E-state index is -0.0663. The van der Waals surface area contributed by atoms with Gasteiger partial charge in [0.1, 0.15) is 5.82 Å². The van der Waals surface area contributed by atoms with Crippen LogP contribution in [0.25, 0.3) is 0 Å². The Balaban J connectivity index is 1.57. The molecule has 0 atom stereocenters. The van der Waals surface area contributed by atoms with Crippen LogP contribution in [0.1, 0.15) is 11.1 Å².